The average molecular weight is 264 g/mol. The number of nitrogens with two attached hydrogens (primary N) is 1. The van der Waals surface area contributed by atoms with Crippen molar-refractivity contribution in [3.05, 3.63) is 18.1 Å². The van der Waals surface area contributed by atoms with Crippen LogP contribution < -0.4 is 16.6 Å². The second-order valence-corrected chi connectivity index (χ2v) is 4.41. The van der Waals surface area contributed by atoms with Gasteiger partial charge in [-0.1, -0.05) is 0 Å². The molecule has 102 valence electrons. The van der Waals surface area contributed by atoms with E-state index in [9.17, 15) is 9.59 Å². The third-order valence-electron chi connectivity index (χ3n) is 2.99. The summed E-state index contributed by atoms with van der Waals surface area (Å²) >= 11 is 0. The predicted octanol–water partition coefficient (Wildman–Crippen LogP) is -0.887. The van der Waals surface area contributed by atoms with Crippen molar-refractivity contribution >= 4 is 17.6 Å². The number of likely N-dealkylation sites (tertiary alicyclic amines) is 1. The summed E-state index contributed by atoms with van der Waals surface area (Å²) in [5.41, 5.74) is 2.56. The van der Waals surface area contributed by atoms with Gasteiger partial charge in [-0.15, -0.1) is 0 Å². The SMILES string of the molecule is CN1CC(NC(=O)c2cnc(NN)cn2)CCC1=O. The lowest BCUT2D eigenvalue weighted by Gasteiger charge is -2.29. The van der Waals surface area contributed by atoms with Crippen LogP contribution in [-0.4, -0.2) is 46.3 Å². The monoisotopic (exact) mass is 264 g/mol. The van der Waals surface area contributed by atoms with Crippen LogP contribution in [0.15, 0.2) is 12.4 Å². The van der Waals surface area contributed by atoms with E-state index in [-0.39, 0.29) is 23.6 Å². The molecule has 1 unspecified atom stereocenters. The normalized spacial score (nSPS) is 19.2. The van der Waals surface area contributed by atoms with Crippen LogP contribution in [0.4, 0.5) is 5.82 Å². The standard InChI is InChI=1S/C11H16N6O2/c1-17-6-7(2-3-10(17)18)15-11(19)8-4-14-9(16-12)5-13-8/h4-5,7H,2-3,6,12H2,1H3,(H,14,16)(H,15,19). The van der Waals surface area contributed by atoms with Crippen LogP contribution in [0.2, 0.25) is 0 Å². The zero-order chi connectivity index (χ0) is 13.8. The minimum atomic E-state index is -0.302. The predicted molar refractivity (Wildman–Crippen MR) is 68.0 cm³/mol. The molecule has 4 N–H and O–H groups in total. The van der Waals surface area contributed by atoms with Gasteiger partial charge in [-0.3, -0.25) is 9.59 Å². The molecule has 8 nitrogen and oxygen atoms in total. The smallest absolute Gasteiger partial charge is 0.271 e. The Kier molecular flexibility index (Phi) is 3.91. The Morgan fingerprint density at radius 3 is 2.84 bits per heavy atom. The highest BCUT2D eigenvalue weighted by atomic mass is 16.2. The van der Waals surface area contributed by atoms with Gasteiger partial charge in [0.15, 0.2) is 5.82 Å². The van der Waals surface area contributed by atoms with E-state index < -0.39 is 0 Å². The van der Waals surface area contributed by atoms with Crippen molar-refractivity contribution in [1.82, 2.24) is 20.2 Å². The molecule has 0 saturated carbocycles. The van der Waals surface area contributed by atoms with E-state index in [1.165, 1.54) is 12.4 Å². The van der Waals surface area contributed by atoms with Crippen molar-refractivity contribution in [2.75, 3.05) is 19.0 Å². The Hall–Kier alpha value is -2.22. The Labute approximate surface area is 110 Å². The number of carbonyl (C=O) groups excluding carboxylic acids is 2. The van der Waals surface area contributed by atoms with E-state index in [1.807, 2.05) is 0 Å². The van der Waals surface area contributed by atoms with Gasteiger partial charge >= 0.3 is 0 Å². The molecule has 0 radical (unpaired) electrons. The summed E-state index contributed by atoms with van der Waals surface area (Å²) in [5.74, 6) is 5.35. The van der Waals surface area contributed by atoms with Gasteiger partial charge in [0.05, 0.1) is 12.4 Å². The Morgan fingerprint density at radius 1 is 1.47 bits per heavy atom. The van der Waals surface area contributed by atoms with Crippen LogP contribution in [0.3, 0.4) is 0 Å². The highest BCUT2D eigenvalue weighted by molar-refractivity contribution is 5.92. The molecule has 1 aliphatic heterocycles. The quantitative estimate of drug-likeness (QED) is 0.482. The number of anilines is 1. The second kappa shape index (κ2) is 5.61. The molecule has 2 rings (SSSR count). The molecule has 0 aromatic carbocycles. The van der Waals surface area contributed by atoms with Crippen molar-refractivity contribution in [2.45, 2.75) is 18.9 Å². The summed E-state index contributed by atoms with van der Waals surface area (Å²) < 4.78 is 0. The number of nitrogens with zero attached hydrogens (tertiary/aromatic N) is 3. The van der Waals surface area contributed by atoms with E-state index in [0.29, 0.717) is 25.2 Å². The third-order valence-corrected chi connectivity index (χ3v) is 2.99. The van der Waals surface area contributed by atoms with Crippen LogP contribution in [0, 0.1) is 0 Å². The maximum atomic E-state index is 11.9. The number of aromatic nitrogens is 2. The number of amides is 2. The topological polar surface area (TPSA) is 113 Å². The van der Waals surface area contributed by atoms with Crippen molar-refractivity contribution in [3.8, 4) is 0 Å². The van der Waals surface area contributed by atoms with Gasteiger partial charge in [0, 0.05) is 26.1 Å². The number of nitrogen functional groups attached to an aromatic ring is 1. The Balaban J connectivity index is 1.95. The van der Waals surface area contributed by atoms with Crippen molar-refractivity contribution < 1.29 is 9.59 Å². The number of nitrogens with one attached hydrogen (secondary N) is 2. The van der Waals surface area contributed by atoms with Crippen LogP contribution in [-0.2, 0) is 4.79 Å². The first-order valence-corrected chi connectivity index (χ1v) is 5.93. The summed E-state index contributed by atoms with van der Waals surface area (Å²) in [5, 5.41) is 2.84. The zero-order valence-corrected chi connectivity index (χ0v) is 10.6. The lowest BCUT2D eigenvalue weighted by molar-refractivity contribution is -0.132. The summed E-state index contributed by atoms with van der Waals surface area (Å²) in [6, 6.07) is -0.0516. The maximum absolute atomic E-state index is 11.9. The number of hydrogen-bond donors (Lipinski definition) is 3. The molecule has 1 aromatic heterocycles. The van der Waals surface area contributed by atoms with E-state index in [2.05, 4.69) is 20.7 Å². The number of likely N-dealkylation sites (N-methyl/N-ethyl adjacent to an activating group) is 1. The molecular formula is C11H16N6O2. The molecule has 0 aliphatic carbocycles. The summed E-state index contributed by atoms with van der Waals surface area (Å²) in [6.07, 6.45) is 3.82. The molecule has 0 spiro atoms. The number of hydrazine groups is 1. The molecule has 2 amide bonds. The minimum absolute atomic E-state index is 0.0516. The van der Waals surface area contributed by atoms with Gasteiger partial charge in [0.25, 0.3) is 5.91 Å². The van der Waals surface area contributed by atoms with Gasteiger partial charge in [0.1, 0.15) is 5.69 Å². The van der Waals surface area contributed by atoms with Crippen molar-refractivity contribution in [1.29, 1.82) is 0 Å². The maximum Gasteiger partial charge on any atom is 0.271 e. The van der Waals surface area contributed by atoms with Crippen molar-refractivity contribution in [3.63, 3.8) is 0 Å². The highest BCUT2D eigenvalue weighted by Crippen LogP contribution is 2.10. The molecule has 0 bridgehead atoms. The van der Waals surface area contributed by atoms with Gasteiger partial charge in [-0.2, -0.15) is 0 Å². The van der Waals surface area contributed by atoms with Gasteiger partial charge < -0.3 is 15.6 Å². The van der Waals surface area contributed by atoms with Gasteiger partial charge in [0.2, 0.25) is 5.91 Å². The molecule has 1 saturated heterocycles. The number of rotatable bonds is 3. The first kappa shape index (κ1) is 13.2. The average Bonchev–Trinajstić information content (AvgIpc) is 2.43. The highest BCUT2D eigenvalue weighted by Gasteiger charge is 2.24. The zero-order valence-electron chi connectivity index (χ0n) is 10.6. The van der Waals surface area contributed by atoms with E-state index in [0.717, 1.165) is 0 Å². The third kappa shape index (κ3) is 3.16. The van der Waals surface area contributed by atoms with Crippen LogP contribution in [0.25, 0.3) is 0 Å². The summed E-state index contributed by atoms with van der Waals surface area (Å²) in [7, 11) is 1.72. The molecule has 1 aromatic rings. The Bertz CT molecular complexity index is 475. The molecule has 8 heteroatoms. The summed E-state index contributed by atoms with van der Waals surface area (Å²) in [4.78, 5) is 32.7. The largest absolute Gasteiger partial charge is 0.346 e. The first-order chi connectivity index (χ1) is 9.10. The molecule has 1 atom stereocenters. The Morgan fingerprint density at radius 2 is 2.26 bits per heavy atom. The van der Waals surface area contributed by atoms with Crippen molar-refractivity contribution in [2.24, 2.45) is 5.84 Å². The lowest BCUT2D eigenvalue weighted by Crippen LogP contribution is -2.48. The van der Waals surface area contributed by atoms with Gasteiger partial charge in [-0.25, -0.2) is 15.8 Å². The van der Waals surface area contributed by atoms with E-state index in [1.54, 1.807) is 11.9 Å². The molecular weight excluding hydrogens is 248 g/mol. The molecule has 1 fully saturated rings. The van der Waals surface area contributed by atoms with Crippen LogP contribution in [0.1, 0.15) is 23.3 Å². The van der Waals surface area contributed by atoms with Gasteiger partial charge in [-0.05, 0) is 6.42 Å². The molecule has 2 heterocycles. The fraction of sp³-hybridized carbons (Fsp3) is 0.455. The number of carbonyl (C=O) groups is 2. The number of hydrogen-bond acceptors (Lipinski definition) is 6. The lowest BCUT2D eigenvalue weighted by atomic mass is 10.1. The fourth-order valence-electron chi connectivity index (χ4n) is 1.91. The van der Waals surface area contributed by atoms with E-state index >= 15 is 0 Å². The summed E-state index contributed by atoms with van der Waals surface area (Å²) in [6.45, 7) is 0.514. The molecule has 19 heavy (non-hydrogen) atoms. The van der Waals surface area contributed by atoms with Crippen LogP contribution in [0.5, 0.6) is 0 Å². The minimum Gasteiger partial charge on any atom is -0.346 e. The number of piperidine rings is 1. The van der Waals surface area contributed by atoms with Crippen LogP contribution >= 0.6 is 0 Å². The second-order valence-electron chi connectivity index (χ2n) is 4.41. The van der Waals surface area contributed by atoms with E-state index in [4.69, 9.17) is 5.84 Å². The first-order valence-electron chi connectivity index (χ1n) is 5.93. The molecule has 1 aliphatic rings. The fourth-order valence-corrected chi connectivity index (χ4v) is 1.91.